The molecule has 2 N–H and O–H groups in total. The number of carbonyl (C=O) groups excluding carboxylic acids is 1. The van der Waals surface area contributed by atoms with Gasteiger partial charge in [-0.3, -0.25) is 19.5 Å². The van der Waals surface area contributed by atoms with E-state index in [2.05, 4.69) is 15.5 Å². The van der Waals surface area contributed by atoms with Crippen LogP contribution in [0.15, 0.2) is 28.2 Å². The van der Waals surface area contributed by atoms with E-state index in [0.29, 0.717) is 11.7 Å². The summed E-state index contributed by atoms with van der Waals surface area (Å²) >= 11 is 1.01. The van der Waals surface area contributed by atoms with Crippen molar-refractivity contribution >= 4 is 29.0 Å². The number of nitro groups is 1. The number of anilines is 1. The summed E-state index contributed by atoms with van der Waals surface area (Å²) in [6.45, 7) is 2.47. The minimum Gasteiger partial charge on any atom is -0.323 e. The Hall–Kier alpha value is -2.69. The maximum atomic E-state index is 13.7. The highest BCUT2D eigenvalue weighted by Gasteiger charge is 2.15. The van der Waals surface area contributed by atoms with Crippen LogP contribution in [0, 0.1) is 15.9 Å². The SMILES string of the molecule is CCCCn1c(SCC(=O)Nc2cc([N+](=O)[O-])ccc2F)n[nH]c1=O. The van der Waals surface area contributed by atoms with Gasteiger partial charge in [0.15, 0.2) is 5.16 Å². The van der Waals surface area contributed by atoms with Gasteiger partial charge in [0, 0.05) is 18.7 Å². The molecule has 1 amide bonds. The van der Waals surface area contributed by atoms with Crippen molar-refractivity contribution in [1.29, 1.82) is 0 Å². The Morgan fingerprint density at radius 1 is 1.52 bits per heavy atom. The van der Waals surface area contributed by atoms with E-state index in [1.54, 1.807) is 0 Å². The minimum absolute atomic E-state index is 0.126. The second-order valence-electron chi connectivity index (χ2n) is 5.07. The summed E-state index contributed by atoms with van der Waals surface area (Å²) in [7, 11) is 0. The molecule has 0 radical (unpaired) electrons. The molecule has 1 aromatic heterocycles. The molecule has 11 heteroatoms. The summed E-state index contributed by atoms with van der Waals surface area (Å²) in [5.41, 5.74) is -0.962. The zero-order chi connectivity index (χ0) is 18.4. The molecule has 0 aliphatic heterocycles. The predicted molar refractivity (Wildman–Crippen MR) is 90.2 cm³/mol. The Balaban J connectivity index is 2.01. The Morgan fingerprint density at radius 3 is 2.96 bits per heavy atom. The van der Waals surface area contributed by atoms with E-state index in [4.69, 9.17) is 0 Å². The summed E-state index contributed by atoms with van der Waals surface area (Å²) in [6.07, 6.45) is 1.69. The number of nitro benzene ring substituents is 1. The predicted octanol–water partition coefficient (Wildman–Crippen LogP) is 2.15. The average molecular weight is 369 g/mol. The number of benzene rings is 1. The summed E-state index contributed by atoms with van der Waals surface area (Å²) in [4.78, 5) is 33.6. The van der Waals surface area contributed by atoms with E-state index in [1.165, 1.54) is 4.57 Å². The lowest BCUT2D eigenvalue weighted by molar-refractivity contribution is -0.384. The molecular formula is C14H16FN5O4S. The number of thioether (sulfide) groups is 1. The van der Waals surface area contributed by atoms with Gasteiger partial charge in [-0.15, -0.1) is 5.10 Å². The zero-order valence-corrected chi connectivity index (χ0v) is 14.1. The molecule has 2 rings (SSSR count). The lowest BCUT2D eigenvalue weighted by atomic mass is 10.2. The molecule has 0 aliphatic rings. The molecule has 0 unspecified atom stereocenters. The molecule has 0 atom stereocenters. The lowest BCUT2D eigenvalue weighted by Crippen LogP contribution is -2.19. The highest BCUT2D eigenvalue weighted by molar-refractivity contribution is 7.99. The number of unbranched alkanes of at least 4 members (excludes halogenated alkanes) is 1. The van der Waals surface area contributed by atoms with Crippen LogP contribution in [0.1, 0.15) is 19.8 Å². The number of non-ortho nitro benzene ring substituents is 1. The van der Waals surface area contributed by atoms with Crippen LogP contribution in [0.3, 0.4) is 0 Å². The monoisotopic (exact) mass is 369 g/mol. The van der Waals surface area contributed by atoms with Gasteiger partial charge in [0.25, 0.3) is 5.69 Å². The largest absolute Gasteiger partial charge is 0.343 e. The van der Waals surface area contributed by atoms with Crippen LogP contribution < -0.4 is 11.0 Å². The van der Waals surface area contributed by atoms with Gasteiger partial charge in [-0.1, -0.05) is 25.1 Å². The van der Waals surface area contributed by atoms with Crippen molar-refractivity contribution in [3.8, 4) is 0 Å². The molecule has 0 fully saturated rings. The number of H-pyrrole nitrogens is 1. The molecular weight excluding hydrogens is 353 g/mol. The van der Waals surface area contributed by atoms with Crippen LogP contribution in [0.4, 0.5) is 15.8 Å². The topological polar surface area (TPSA) is 123 Å². The smallest absolute Gasteiger partial charge is 0.323 e. The van der Waals surface area contributed by atoms with E-state index < -0.39 is 16.6 Å². The summed E-state index contributed by atoms with van der Waals surface area (Å²) in [5.74, 6) is -1.47. The molecule has 1 aromatic carbocycles. The number of aromatic amines is 1. The van der Waals surface area contributed by atoms with Crippen molar-refractivity contribution in [3.63, 3.8) is 0 Å². The third-order valence-corrected chi connectivity index (χ3v) is 4.20. The number of nitrogens with one attached hydrogen (secondary N) is 2. The first kappa shape index (κ1) is 18.6. The fourth-order valence-electron chi connectivity index (χ4n) is 1.97. The number of nitrogens with zero attached hydrogens (tertiary/aromatic N) is 3. The quantitative estimate of drug-likeness (QED) is 0.417. The second-order valence-corrected chi connectivity index (χ2v) is 6.02. The van der Waals surface area contributed by atoms with Crippen LogP contribution in [-0.4, -0.2) is 31.3 Å². The Morgan fingerprint density at radius 2 is 2.28 bits per heavy atom. The molecule has 25 heavy (non-hydrogen) atoms. The highest BCUT2D eigenvalue weighted by Crippen LogP contribution is 2.22. The van der Waals surface area contributed by atoms with Gasteiger partial charge in [-0.25, -0.2) is 14.3 Å². The second kappa shape index (κ2) is 8.42. The number of aromatic nitrogens is 3. The normalized spacial score (nSPS) is 10.6. The Labute approximate surface area is 145 Å². The number of halogens is 1. The van der Waals surface area contributed by atoms with Gasteiger partial charge in [-0.05, 0) is 12.5 Å². The first-order valence-corrected chi connectivity index (χ1v) is 8.42. The summed E-state index contributed by atoms with van der Waals surface area (Å²) in [5, 5.41) is 19.5. The molecule has 0 saturated heterocycles. The van der Waals surface area contributed by atoms with E-state index >= 15 is 0 Å². The van der Waals surface area contributed by atoms with Crippen molar-refractivity contribution in [2.45, 2.75) is 31.5 Å². The van der Waals surface area contributed by atoms with Crippen molar-refractivity contribution in [1.82, 2.24) is 14.8 Å². The number of amides is 1. The highest BCUT2D eigenvalue weighted by atomic mass is 32.2. The molecule has 2 aromatic rings. The van der Waals surface area contributed by atoms with Crippen LogP contribution >= 0.6 is 11.8 Å². The van der Waals surface area contributed by atoms with Gasteiger partial charge < -0.3 is 5.32 Å². The maximum absolute atomic E-state index is 13.7. The van der Waals surface area contributed by atoms with Gasteiger partial charge in [0.1, 0.15) is 5.82 Å². The van der Waals surface area contributed by atoms with Gasteiger partial charge in [-0.2, -0.15) is 0 Å². The van der Waals surface area contributed by atoms with E-state index in [1.807, 2.05) is 6.92 Å². The minimum atomic E-state index is -0.774. The molecule has 0 bridgehead atoms. The molecule has 0 aliphatic carbocycles. The number of hydrogen-bond acceptors (Lipinski definition) is 6. The van der Waals surface area contributed by atoms with Crippen LogP contribution in [0.25, 0.3) is 0 Å². The zero-order valence-electron chi connectivity index (χ0n) is 13.3. The van der Waals surface area contributed by atoms with Crippen LogP contribution in [0.5, 0.6) is 0 Å². The number of rotatable bonds is 8. The molecule has 134 valence electrons. The lowest BCUT2D eigenvalue weighted by Gasteiger charge is -2.07. The molecule has 1 heterocycles. The van der Waals surface area contributed by atoms with Gasteiger partial charge in [0.05, 0.1) is 16.4 Å². The first-order chi connectivity index (χ1) is 11.9. The maximum Gasteiger partial charge on any atom is 0.343 e. The Kier molecular flexibility index (Phi) is 6.28. The van der Waals surface area contributed by atoms with Crippen molar-refractivity contribution in [3.05, 3.63) is 44.6 Å². The summed E-state index contributed by atoms with van der Waals surface area (Å²) < 4.78 is 15.1. The molecule has 0 spiro atoms. The van der Waals surface area contributed by atoms with Crippen LogP contribution in [-0.2, 0) is 11.3 Å². The third-order valence-electron chi connectivity index (χ3n) is 3.23. The van der Waals surface area contributed by atoms with Crippen molar-refractivity contribution in [2.24, 2.45) is 0 Å². The Bertz CT molecular complexity index is 835. The summed E-state index contributed by atoms with van der Waals surface area (Å²) in [6, 6.07) is 2.87. The fraction of sp³-hybridized carbons (Fsp3) is 0.357. The average Bonchev–Trinajstić information content (AvgIpc) is 2.92. The van der Waals surface area contributed by atoms with Gasteiger partial charge >= 0.3 is 5.69 Å². The molecule has 9 nitrogen and oxygen atoms in total. The van der Waals surface area contributed by atoms with E-state index in [9.17, 15) is 24.1 Å². The van der Waals surface area contributed by atoms with E-state index in [0.717, 1.165) is 42.8 Å². The standard InChI is InChI=1S/C14H16FN5O4S/c1-2-3-6-19-13(22)17-18-14(19)25-8-12(21)16-11-7-9(20(23)24)4-5-10(11)15/h4-5,7H,2-3,6,8H2,1H3,(H,16,21)(H,17,22). The van der Waals surface area contributed by atoms with E-state index in [-0.39, 0.29) is 22.8 Å². The number of carbonyl (C=O) groups is 1. The number of hydrogen-bond donors (Lipinski definition) is 2. The fourth-order valence-corrected chi connectivity index (χ4v) is 2.74. The first-order valence-electron chi connectivity index (χ1n) is 7.44. The third kappa shape index (κ3) is 4.89. The van der Waals surface area contributed by atoms with Crippen molar-refractivity contribution < 1.29 is 14.1 Å². The van der Waals surface area contributed by atoms with Gasteiger partial charge in [0.2, 0.25) is 5.91 Å². The van der Waals surface area contributed by atoms with Crippen molar-refractivity contribution in [2.75, 3.05) is 11.1 Å². The molecule has 0 saturated carbocycles. The van der Waals surface area contributed by atoms with Crippen LogP contribution in [0.2, 0.25) is 0 Å².